The maximum atomic E-state index is 12.3. The molecule has 1 fully saturated rings. The Morgan fingerprint density at radius 3 is 2.30 bits per heavy atom. The van der Waals surface area contributed by atoms with E-state index in [1.54, 1.807) is 0 Å². The molecule has 1 heterocycles. The van der Waals surface area contributed by atoms with E-state index in [2.05, 4.69) is 12.2 Å². The van der Waals surface area contributed by atoms with Crippen LogP contribution in [0, 0.1) is 0 Å². The highest BCUT2D eigenvalue weighted by Gasteiger charge is 2.20. The average Bonchev–Trinajstić information content (AvgIpc) is 2.40. The van der Waals surface area contributed by atoms with Crippen LogP contribution in [0.25, 0.3) is 0 Å². The van der Waals surface area contributed by atoms with Gasteiger partial charge in [0.05, 0.1) is 0 Å². The van der Waals surface area contributed by atoms with Gasteiger partial charge in [-0.15, -0.1) is 0 Å². The number of halogens is 1. The molecule has 2 unspecified atom stereocenters. The molecule has 0 saturated carbocycles. The molecule has 0 radical (unpaired) electrons. The van der Waals surface area contributed by atoms with Crippen molar-refractivity contribution in [2.75, 3.05) is 6.54 Å². The minimum Gasteiger partial charge on any atom is -0.311 e. The molecule has 0 amide bonds. The van der Waals surface area contributed by atoms with Crippen LogP contribution in [0.4, 0.5) is 4.39 Å². The first-order chi connectivity index (χ1) is 4.83. The van der Waals surface area contributed by atoms with Crippen molar-refractivity contribution < 1.29 is 4.39 Å². The summed E-state index contributed by atoms with van der Waals surface area (Å²) in [5.41, 5.74) is 0. The Balaban J connectivity index is 0.000000371. The second kappa shape index (κ2) is 5.66. The molecule has 1 aliphatic rings. The molecule has 2 heteroatoms. The molecule has 1 N–H and O–H groups in total. The highest BCUT2D eigenvalue weighted by atomic mass is 19.1. The van der Waals surface area contributed by atoms with Crippen LogP contribution >= 0.6 is 0 Å². The third-order valence-electron chi connectivity index (χ3n) is 1.66. The average molecular weight is 147 g/mol. The van der Waals surface area contributed by atoms with Crippen molar-refractivity contribution in [2.24, 2.45) is 0 Å². The van der Waals surface area contributed by atoms with Crippen LogP contribution in [0.5, 0.6) is 0 Å². The minimum atomic E-state index is -0.583. The van der Waals surface area contributed by atoms with Crippen molar-refractivity contribution in [3.05, 3.63) is 0 Å². The fraction of sp³-hybridized carbons (Fsp3) is 1.00. The van der Waals surface area contributed by atoms with Gasteiger partial charge in [-0.3, -0.25) is 0 Å². The largest absolute Gasteiger partial charge is 0.311 e. The molecule has 0 aromatic carbocycles. The molecule has 1 aliphatic heterocycles. The first kappa shape index (κ1) is 9.89. The third-order valence-corrected chi connectivity index (χ3v) is 1.66. The van der Waals surface area contributed by atoms with Gasteiger partial charge in [0.15, 0.2) is 0 Å². The number of hydrogen-bond donors (Lipinski definition) is 1. The Hall–Kier alpha value is -0.110. The summed E-state index contributed by atoms with van der Waals surface area (Å²) in [7, 11) is 0. The van der Waals surface area contributed by atoms with Gasteiger partial charge in [0.25, 0.3) is 0 Å². The molecule has 0 aromatic heterocycles. The Morgan fingerprint density at radius 1 is 1.50 bits per heavy atom. The Kier molecular flexibility index (Phi) is 5.60. The van der Waals surface area contributed by atoms with Gasteiger partial charge in [-0.1, -0.05) is 20.8 Å². The highest BCUT2D eigenvalue weighted by molar-refractivity contribution is 4.79. The zero-order valence-corrected chi connectivity index (χ0v) is 7.15. The van der Waals surface area contributed by atoms with Gasteiger partial charge in [0.1, 0.15) is 6.17 Å². The van der Waals surface area contributed by atoms with Crippen LogP contribution in [0.15, 0.2) is 0 Å². The van der Waals surface area contributed by atoms with Gasteiger partial charge in [0.2, 0.25) is 0 Å². The van der Waals surface area contributed by atoms with Crippen molar-refractivity contribution in [1.29, 1.82) is 0 Å². The molecule has 2 atom stereocenters. The number of alkyl halides is 1. The van der Waals surface area contributed by atoms with Crippen LogP contribution in [-0.4, -0.2) is 18.8 Å². The van der Waals surface area contributed by atoms with E-state index in [1.165, 1.54) is 0 Å². The monoisotopic (exact) mass is 147 g/mol. The number of nitrogens with one attached hydrogen (secondary N) is 1. The van der Waals surface area contributed by atoms with Crippen molar-refractivity contribution in [3.63, 3.8) is 0 Å². The maximum Gasteiger partial charge on any atom is 0.114 e. The van der Waals surface area contributed by atoms with Gasteiger partial charge in [-0.05, 0) is 12.8 Å². The summed E-state index contributed by atoms with van der Waals surface area (Å²) in [5.74, 6) is 0. The van der Waals surface area contributed by atoms with Crippen molar-refractivity contribution in [1.82, 2.24) is 5.32 Å². The molecule has 0 aromatic rings. The summed E-state index contributed by atoms with van der Waals surface area (Å²) in [6.45, 7) is 6.65. The van der Waals surface area contributed by atoms with E-state index in [-0.39, 0.29) is 0 Å². The predicted octanol–water partition coefficient (Wildman–Crippen LogP) is 2.12. The van der Waals surface area contributed by atoms with Crippen LogP contribution in [0.2, 0.25) is 0 Å². The zero-order chi connectivity index (χ0) is 7.98. The third kappa shape index (κ3) is 3.16. The molecular weight excluding hydrogens is 129 g/mol. The van der Waals surface area contributed by atoms with E-state index in [9.17, 15) is 4.39 Å². The van der Waals surface area contributed by atoms with E-state index < -0.39 is 6.17 Å². The van der Waals surface area contributed by atoms with Gasteiger partial charge in [0, 0.05) is 12.6 Å². The number of rotatable bonds is 1. The topological polar surface area (TPSA) is 12.0 Å². The quantitative estimate of drug-likeness (QED) is 0.599. The van der Waals surface area contributed by atoms with Gasteiger partial charge in [-0.2, -0.15) is 0 Å². The Labute approximate surface area is 63.0 Å². The lowest BCUT2D eigenvalue weighted by Gasteiger charge is -2.02. The summed E-state index contributed by atoms with van der Waals surface area (Å²) in [6, 6.07) is 0.449. The van der Waals surface area contributed by atoms with Crippen molar-refractivity contribution in [2.45, 2.75) is 45.8 Å². The standard InChI is InChI=1S/C6H12FN.C2H6/c1-2-6-3-5(7)4-8-6;1-2/h5-6,8H,2-4H2,1H3;1-2H3. The molecule has 0 aliphatic carbocycles. The minimum absolute atomic E-state index is 0.449. The fourth-order valence-corrected chi connectivity index (χ4v) is 1.08. The lowest BCUT2D eigenvalue weighted by molar-refractivity contribution is 0.354. The second-order valence-electron chi connectivity index (χ2n) is 2.35. The van der Waals surface area contributed by atoms with Crippen LogP contribution in [-0.2, 0) is 0 Å². The molecule has 1 saturated heterocycles. The van der Waals surface area contributed by atoms with Gasteiger partial charge < -0.3 is 5.32 Å². The summed E-state index contributed by atoms with van der Waals surface area (Å²) in [6.07, 6.45) is 1.19. The van der Waals surface area contributed by atoms with E-state index >= 15 is 0 Å². The molecule has 1 nitrogen and oxygen atoms in total. The SMILES string of the molecule is CC.CCC1CC(F)CN1. The van der Waals surface area contributed by atoms with Gasteiger partial charge >= 0.3 is 0 Å². The normalized spacial score (nSPS) is 31.2. The molecular formula is C8H18FN. The van der Waals surface area contributed by atoms with E-state index in [1.807, 2.05) is 13.8 Å². The zero-order valence-electron chi connectivity index (χ0n) is 7.15. The lowest BCUT2D eigenvalue weighted by atomic mass is 10.2. The smallest absolute Gasteiger partial charge is 0.114 e. The summed E-state index contributed by atoms with van der Waals surface area (Å²) in [4.78, 5) is 0. The predicted molar refractivity (Wildman–Crippen MR) is 42.9 cm³/mol. The molecule has 1 rings (SSSR count). The summed E-state index contributed by atoms with van der Waals surface area (Å²) >= 11 is 0. The van der Waals surface area contributed by atoms with Crippen molar-refractivity contribution >= 4 is 0 Å². The molecule has 0 spiro atoms. The first-order valence-electron chi connectivity index (χ1n) is 4.20. The van der Waals surface area contributed by atoms with Crippen LogP contribution < -0.4 is 5.32 Å². The van der Waals surface area contributed by atoms with Crippen molar-refractivity contribution in [3.8, 4) is 0 Å². The Bertz CT molecular complexity index is 75.7. The molecule has 10 heavy (non-hydrogen) atoms. The van der Waals surface area contributed by atoms with Crippen LogP contribution in [0.1, 0.15) is 33.6 Å². The summed E-state index contributed by atoms with van der Waals surface area (Å²) in [5, 5.41) is 3.08. The van der Waals surface area contributed by atoms with Gasteiger partial charge in [-0.25, -0.2) is 4.39 Å². The highest BCUT2D eigenvalue weighted by Crippen LogP contribution is 2.11. The molecule has 0 bridgehead atoms. The first-order valence-corrected chi connectivity index (χ1v) is 4.20. The van der Waals surface area contributed by atoms with Crippen LogP contribution in [0.3, 0.4) is 0 Å². The molecule has 62 valence electrons. The maximum absolute atomic E-state index is 12.3. The van der Waals surface area contributed by atoms with E-state index in [4.69, 9.17) is 0 Å². The number of hydrogen-bond acceptors (Lipinski definition) is 1. The second-order valence-corrected chi connectivity index (χ2v) is 2.35. The Morgan fingerprint density at radius 2 is 2.10 bits per heavy atom. The van der Waals surface area contributed by atoms with E-state index in [0.29, 0.717) is 12.6 Å². The fourth-order valence-electron chi connectivity index (χ4n) is 1.08. The summed E-state index contributed by atoms with van der Waals surface area (Å²) < 4.78 is 12.3. The van der Waals surface area contributed by atoms with E-state index in [0.717, 1.165) is 12.8 Å². The lowest BCUT2D eigenvalue weighted by Crippen LogP contribution is -2.19.